The van der Waals surface area contributed by atoms with Crippen LogP contribution in [0.1, 0.15) is 39.2 Å². The number of carbonyl (C=O) groups excluding carboxylic acids is 3. The number of benzene rings is 1. The zero-order valence-corrected chi connectivity index (χ0v) is 16.6. The van der Waals surface area contributed by atoms with Gasteiger partial charge < -0.3 is 20.1 Å². The normalized spacial score (nSPS) is 17.8. The third-order valence-corrected chi connectivity index (χ3v) is 4.09. The predicted molar refractivity (Wildman–Crippen MR) is 104 cm³/mol. The van der Waals surface area contributed by atoms with E-state index < -0.39 is 23.7 Å². The Hall–Kier alpha value is -2.83. The molecule has 0 aliphatic carbocycles. The van der Waals surface area contributed by atoms with Crippen LogP contribution in [0.2, 0.25) is 0 Å². The van der Waals surface area contributed by atoms with Crippen LogP contribution in [0.25, 0.3) is 0 Å². The average Bonchev–Trinajstić information content (AvgIpc) is 3.02. The number of hydrogen-bond acceptors (Lipinski definition) is 5. The fourth-order valence-electron chi connectivity index (χ4n) is 2.79. The van der Waals surface area contributed by atoms with Crippen molar-refractivity contribution in [1.82, 2.24) is 10.6 Å². The zero-order valence-electron chi connectivity index (χ0n) is 16.6. The summed E-state index contributed by atoms with van der Waals surface area (Å²) in [5, 5.41) is 5.49. The third-order valence-electron chi connectivity index (χ3n) is 4.09. The molecular formula is C21H28N2O5. The fraction of sp³-hybridized carbons (Fsp3) is 0.476. The number of alkyl carbamates (subject to hydrolysis) is 1. The van der Waals surface area contributed by atoms with Gasteiger partial charge in [0.25, 0.3) is 0 Å². The van der Waals surface area contributed by atoms with Gasteiger partial charge in [0, 0.05) is 18.5 Å². The van der Waals surface area contributed by atoms with E-state index in [1.165, 1.54) is 6.08 Å². The molecule has 0 radical (unpaired) electrons. The van der Waals surface area contributed by atoms with Crippen LogP contribution in [-0.2, 0) is 25.7 Å². The third kappa shape index (κ3) is 7.82. The molecule has 1 saturated heterocycles. The van der Waals surface area contributed by atoms with E-state index in [2.05, 4.69) is 10.6 Å². The number of ether oxygens (including phenoxy) is 2. The largest absolute Gasteiger partial charge is 0.458 e. The number of nitrogens with one attached hydrogen (secondary N) is 2. The molecule has 0 aromatic heterocycles. The van der Waals surface area contributed by atoms with Gasteiger partial charge in [-0.15, -0.1) is 0 Å². The Bertz CT molecular complexity index is 709. The van der Waals surface area contributed by atoms with Crippen molar-refractivity contribution in [2.45, 2.75) is 51.9 Å². The fourth-order valence-corrected chi connectivity index (χ4v) is 2.79. The van der Waals surface area contributed by atoms with E-state index in [9.17, 15) is 14.4 Å². The molecule has 2 amide bonds. The Kier molecular flexibility index (Phi) is 7.61. The van der Waals surface area contributed by atoms with Crippen LogP contribution in [-0.4, -0.2) is 36.2 Å². The number of esters is 1. The molecule has 0 spiro atoms. The maximum absolute atomic E-state index is 12.1. The van der Waals surface area contributed by atoms with Crippen molar-refractivity contribution in [3.8, 4) is 0 Å². The molecule has 0 unspecified atom stereocenters. The molecule has 1 fully saturated rings. The summed E-state index contributed by atoms with van der Waals surface area (Å²) < 4.78 is 10.5. The minimum atomic E-state index is -0.641. The maximum atomic E-state index is 12.1. The highest BCUT2D eigenvalue weighted by molar-refractivity contribution is 5.82. The molecular weight excluding hydrogens is 360 g/mol. The second-order valence-corrected chi connectivity index (χ2v) is 7.72. The zero-order chi connectivity index (χ0) is 20.6. The summed E-state index contributed by atoms with van der Waals surface area (Å²) in [7, 11) is 0. The quantitative estimate of drug-likeness (QED) is 0.553. The number of rotatable bonds is 7. The van der Waals surface area contributed by atoms with E-state index >= 15 is 0 Å². The van der Waals surface area contributed by atoms with Crippen LogP contribution in [0.15, 0.2) is 42.5 Å². The van der Waals surface area contributed by atoms with Gasteiger partial charge in [-0.1, -0.05) is 36.4 Å². The van der Waals surface area contributed by atoms with Gasteiger partial charge in [-0.25, -0.2) is 9.59 Å². The molecule has 0 bridgehead atoms. The van der Waals surface area contributed by atoms with Gasteiger partial charge >= 0.3 is 12.1 Å². The molecule has 1 aromatic carbocycles. The molecule has 2 atom stereocenters. The van der Waals surface area contributed by atoms with E-state index in [-0.39, 0.29) is 18.4 Å². The maximum Gasteiger partial charge on any atom is 0.408 e. The van der Waals surface area contributed by atoms with Crippen LogP contribution in [0.3, 0.4) is 0 Å². The molecule has 7 heteroatoms. The Morgan fingerprint density at radius 1 is 1.29 bits per heavy atom. The highest BCUT2D eigenvalue weighted by Crippen LogP contribution is 2.17. The predicted octanol–water partition coefficient (Wildman–Crippen LogP) is 2.71. The van der Waals surface area contributed by atoms with Crippen molar-refractivity contribution in [1.29, 1.82) is 0 Å². The Balaban J connectivity index is 1.94. The van der Waals surface area contributed by atoms with Crippen LogP contribution < -0.4 is 10.6 Å². The van der Waals surface area contributed by atoms with Gasteiger partial charge in [0.1, 0.15) is 12.2 Å². The van der Waals surface area contributed by atoms with Crippen molar-refractivity contribution < 1.29 is 23.9 Å². The summed E-state index contributed by atoms with van der Waals surface area (Å²) in [6.07, 6.45) is 3.30. The number of hydrogen-bond donors (Lipinski definition) is 2. The number of amides is 2. The minimum Gasteiger partial charge on any atom is -0.458 e. The first kappa shape index (κ1) is 21.5. The lowest BCUT2D eigenvalue weighted by molar-refractivity contribution is -0.139. The van der Waals surface area contributed by atoms with Gasteiger partial charge in [-0.2, -0.15) is 0 Å². The monoisotopic (exact) mass is 388 g/mol. The first-order chi connectivity index (χ1) is 13.2. The van der Waals surface area contributed by atoms with Crippen molar-refractivity contribution in [2.24, 2.45) is 5.92 Å². The summed E-state index contributed by atoms with van der Waals surface area (Å²) in [6.45, 7) is 6.08. The van der Waals surface area contributed by atoms with Crippen molar-refractivity contribution in [2.75, 3.05) is 6.54 Å². The summed E-state index contributed by atoms with van der Waals surface area (Å²) >= 11 is 0. The van der Waals surface area contributed by atoms with E-state index in [0.29, 0.717) is 19.4 Å². The Morgan fingerprint density at radius 2 is 2.00 bits per heavy atom. The first-order valence-corrected chi connectivity index (χ1v) is 9.39. The van der Waals surface area contributed by atoms with E-state index in [1.807, 2.05) is 30.3 Å². The summed E-state index contributed by atoms with van der Waals surface area (Å²) in [6, 6.07) is 8.83. The van der Waals surface area contributed by atoms with Crippen molar-refractivity contribution in [3.05, 3.63) is 48.0 Å². The molecule has 1 aliphatic heterocycles. The van der Waals surface area contributed by atoms with Crippen LogP contribution in [0.5, 0.6) is 0 Å². The molecule has 1 heterocycles. The standard InChI is InChI=1S/C21H28N2O5/c1-21(2,3)28-20(26)23-17(13-16-11-12-22-19(16)25)9-10-18(24)27-14-15-7-5-4-6-8-15/h4-10,16-17H,11-14H2,1-3H3,(H,22,25)(H,23,26)/b10-9+/t16-,17+/m0/s1. The lowest BCUT2D eigenvalue weighted by Gasteiger charge is -2.23. The van der Waals surface area contributed by atoms with E-state index in [0.717, 1.165) is 5.56 Å². The minimum absolute atomic E-state index is 0.0453. The van der Waals surface area contributed by atoms with Crippen LogP contribution in [0, 0.1) is 5.92 Å². The summed E-state index contributed by atoms with van der Waals surface area (Å²) in [5.74, 6) is -0.781. The van der Waals surface area contributed by atoms with Crippen LogP contribution >= 0.6 is 0 Å². The molecule has 1 aromatic rings. The molecule has 2 N–H and O–H groups in total. The summed E-state index contributed by atoms with van der Waals surface area (Å²) in [4.78, 5) is 36.0. The van der Waals surface area contributed by atoms with Gasteiger partial charge in [-0.3, -0.25) is 4.79 Å². The van der Waals surface area contributed by atoms with E-state index in [1.54, 1.807) is 26.8 Å². The lowest BCUT2D eigenvalue weighted by atomic mass is 9.98. The van der Waals surface area contributed by atoms with Crippen molar-refractivity contribution >= 4 is 18.0 Å². The topological polar surface area (TPSA) is 93.7 Å². The molecule has 28 heavy (non-hydrogen) atoms. The van der Waals surface area contributed by atoms with Gasteiger partial charge in [0.15, 0.2) is 0 Å². The van der Waals surface area contributed by atoms with Gasteiger partial charge in [0.2, 0.25) is 5.91 Å². The molecule has 2 rings (SSSR count). The lowest BCUT2D eigenvalue weighted by Crippen LogP contribution is -2.40. The second-order valence-electron chi connectivity index (χ2n) is 7.72. The summed E-state index contributed by atoms with van der Waals surface area (Å²) in [5.41, 5.74) is 0.243. The number of carbonyl (C=O) groups is 3. The highest BCUT2D eigenvalue weighted by Gasteiger charge is 2.28. The highest BCUT2D eigenvalue weighted by atomic mass is 16.6. The molecule has 152 valence electrons. The first-order valence-electron chi connectivity index (χ1n) is 9.39. The Morgan fingerprint density at radius 3 is 2.61 bits per heavy atom. The van der Waals surface area contributed by atoms with Gasteiger partial charge in [-0.05, 0) is 39.2 Å². The van der Waals surface area contributed by atoms with Gasteiger partial charge in [0.05, 0.1) is 6.04 Å². The molecule has 7 nitrogen and oxygen atoms in total. The average molecular weight is 388 g/mol. The Labute approximate surface area is 165 Å². The van der Waals surface area contributed by atoms with E-state index in [4.69, 9.17) is 9.47 Å². The molecule has 1 aliphatic rings. The SMILES string of the molecule is CC(C)(C)OC(=O)N[C@H](/C=C/C(=O)OCc1ccccc1)C[C@@H]1CCNC1=O. The molecule has 0 saturated carbocycles. The second kappa shape index (κ2) is 9.92. The van der Waals surface area contributed by atoms with Crippen molar-refractivity contribution in [3.63, 3.8) is 0 Å². The smallest absolute Gasteiger partial charge is 0.408 e. The van der Waals surface area contributed by atoms with Crippen LogP contribution in [0.4, 0.5) is 4.79 Å².